The third-order valence-corrected chi connectivity index (χ3v) is 8.03. The fourth-order valence-corrected chi connectivity index (χ4v) is 6.10. The van der Waals surface area contributed by atoms with Crippen LogP contribution in [0.4, 0.5) is 11.5 Å². The molecular formula is C30H39N5O3. The summed E-state index contributed by atoms with van der Waals surface area (Å²) in [6.45, 7) is 8.76. The minimum absolute atomic E-state index is 0.0584. The molecule has 2 amide bonds. The number of aryl methyl sites for hydroxylation is 1. The number of aromatic nitrogens is 1. The second-order valence-corrected chi connectivity index (χ2v) is 12.3. The molecule has 3 unspecified atom stereocenters. The molecule has 3 fully saturated rings. The van der Waals surface area contributed by atoms with E-state index in [9.17, 15) is 14.4 Å². The number of carbonyl (C=O) groups is 3. The van der Waals surface area contributed by atoms with Crippen molar-refractivity contribution in [2.75, 3.05) is 16.8 Å². The van der Waals surface area contributed by atoms with E-state index in [1.807, 2.05) is 39.8 Å². The average molecular weight is 518 g/mol. The summed E-state index contributed by atoms with van der Waals surface area (Å²) in [6, 6.07) is 7.72. The van der Waals surface area contributed by atoms with E-state index in [4.69, 9.17) is 5.73 Å². The Morgan fingerprint density at radius 3 is 2.45 bits per heavy atom. The van der Waals surface area contributed by atoms with Crippen LogP contribution >= 0.6 is 0 Å². The van der Waals surface area contributed by atoms with E-state index in [0.717, 1.165) is 56.5 Å². The number of nitrogens with one attached hydrogen (secondary N) is 2. The first-order chi connectivity index (χ1) is 18.0. The summed E-state index contributed by atoms with van der Waals surface area (Å²) in [7, 11) is 0. The number of piperidine rings is 1. The zero-order valence-corrected chi connectivity index (χ0v) is 22.8. The Balaban J connectivity index is 1.29. The van der Waals surface area contributed by atoms with E-state index in [0.29, 0.717) is 34.3 Å². The van der Waals surface area contributed by atoms with Gasteiger partial charge in [0.15, 0.2) is 5.78 Å². The average Bonchev–Trinajstić information content (AvgIpc) is 3.62. The minimum Gasteiger partial charge on any atom is -0.380 e. The zero-order valence-electron chi connectivity index (χ0n) is 22.8. The Bertz CT molecular complexity index is 1250. The third-order valence-electron chi connectivity index (χ3n) is 8.03. The molecule has 0 radical (unpaired) electrons. The Morgan fingerprint density at radius 1 is 1.05 bits per heavy atom. The number of hydrogen-bond donors (Lipinski definition) is 3. The summed E-state index contributed by atoms with van der Waals surface area (Å²) < 4.78 is 0. The number of amides is 2. The van der Waals surface area contributed by atoms with Crippen molar-refractivity contribution in [3.05, 3.63) is 52.7 Å². The number of hydrogen-bond acceptors (Lipinski definition) is 6. The van der Waals surface area contributed by atoms with Crippen molar-refractivity contribution in [3.8, 4) is 0 Å². The number of Topliss-reactive ketones (excluding diaryl/α,β-unsaturated/α-hetero) is 1. The second-order valence-electron chi connectivity index (χ2n) is 12.3. The van der Waals surface area contributed by atoms with Gasteiger partial charge in [0.1, 0.15) is 5.82 Å². The smallest absolute Gasteiger partial charge is 0.251 e. The van der Waals surface area contributed by atoms with E-state index in [2.05, 4.69) is 20.5 Å². The molecule has 38 heavy (non-hydrogen) atoms. The van der Waals surface area contributed by atoms with E-state index in [1.165, 1.54) is 0 Å². The fourth-order valence-electron chi connectivity index (χ4n) is 6.10. The highest BCUT2D eigenvalue weighted by atomic mass is 16.2. The van der Waals surface area contributed by atoms with Crippen LogP contribution in [0, 0.1) is 18.8 Å². The molecule has 2 aliphatic carbocycles. The van der Waals surface area contributed by atoms with Gasteiger partial charge in [-0.05, 0) is 102 Å². The molecule has 4 N–H and O–H groups in total. The van der Waals surface area contributed by atoms with Crippen LogP contribution in [0.25, 0.3) is 0 Å². The Kier molecular flexibility index (Phi) is 6.92. The summed E-state index contributed by atoms with van der Waals surface area (Å²) >= 11 is 0. The fraction of sp³-hybridized carbons (Fsp3) is 0.533. The van der Waals surface area contributed by atoms with Crippen LogP contribution in [0.3, 0.4) is 0 Å². The lowest BCUT2D eigenvalue weighted by atomic mass is 9.92. The molecule has 0 bridgehead atoms. The van der Waals surface area contributed by atoms with Gasteiger partial charge in [-0.15, -0.1) is 0 Å². The lowest BCUT2D eigenvalue weighted by Gasteiger charge is -2.38. The molecule has 202 valence electrons. The molecule has 3 atom stereocenters. The molecular weight excluding hydrogens is 478 g/mol. The van der Waals surface area contributed by atoms with Gasteiger partial charge in [-0.2, -0.15) is 0 Å². The lowest BCUT2D eigenvalue weighted by Crippen LogP contribution is -2.43. The lowest BCUT2D eigenvalue weighted by molar-refractivity contribution is 0.0933. The number of anilines is 2. The van der Waals surface area contributed by atoms with Gasteiger partial charge in [0, 0.05) is 53.1 Å². The van der Waals surface area contributed by atoms with Crippen LogP contribution in [-0.2, 0) is 0 Å². The second kappa shape index (κ2) is 10.0. The highest BCUT2D eigenvalue weighted by Crippen LogP contribution is 2.39. The predicted molar refractivity (Wildman–Crippen MR) is 149 cm³/mol. The highest BCUT2D eigenvalue weighted by molar-refractivity contribution is 6.03. The molecule has 2 heterocycles. The van der Waals surface area contributed by atoms with Crippen molar-refractivity contribution < 1.29 is 14.4 Å². The van der Waals surface area contributed by atoms with Crippen molar-refractivity contribution in [2.24, 2.45) is 17.6 Å². The molecule has 3 aliphatic rings. The first kappa shape index (κ1) is 26.2. The highest BCUT2D eigenvalue weighted by Gasteiger charge is 2.41. The summed E-state index contributed by atoms with van der Waals surface area (Å²) in [4.78, 5) is 44.9. The molecule has 1 aromatic carbocycles. The Labute approximate surface area is 224 Å². The summed E-state index contributed by atoms with van der Waals surface area (Å²) in [5.74, 6) is 1.15. The quantitative estimate of drug-likeness (QED) is 0.467. The van der Waals surface area contributed by atoms with Crippen molar-refractivity contribution >= 4 is 29.1 Å². The monoisotopic (exact) mass is 517 g/mol. The Hall–Kier alpha value is -3.42. The number of rotatable bonds is 7. The molecule has 1 saturated heterocycles. The maximum atomic E-state index is 13.4. The van der Waals surface area contributed by atoms with Crippen LogP contribution in [0.15, 0.2) is 30.5 Å². The number of nitrogens with two attached hydrogens (primary N) is 1. The third kappa shape index (κ3) is 5.54. The van der Waals surface area contributed by atoms with Crippen LogP contribution in [0.5, 0.6) is 0 Å². The van der Waals surface area contributed by atoms with Gasteiger partial charge >= 0.3 is 0 Å². The SMILES string of the molecule is Cc1cc(C(N)=O)c(NC(C)(C)C)cc1C(=O)NC1CC2CCCN(c3ccc(C(=O)C4CC4)cn3)C2C1. The van der Waals surface area contributed by atoms with Gasteiger partial charge in [-0.3, -0.25) is 14.4 Å². The summed E-state index contributed by atoms with van der Waals surface area (Å²) in [5.41, 5.74) is 8.25. The Morgan fingerprint density at radius 2 is 1.82 bits per heavy atom. The van der Waals surface area contributed by atoms with Gasteiger partial charge in [-0.1, -0.05) is 0 Å². The number of fused-ring (bicyclic) bond motifs is 1. The number of ketones is 1. The number of primary amides is 1. The van der Waals surface area contributed by atoms with Gasteiger partial charge in [0.05, 0.1) is 5.56 Å². The number of nitrogens with zero attached hydrogens (tertiary/aromatic N) is 2. The zero-order chi connectivity index (χ0) is 27.2. The molecule has 0 spiro atoms. The van der Waals surface area contributed by atoms with Crippen molar-refractivity contribution in [2.45, 2.75) is 83.8 Å². The van der Waals surface area contributed by atoms with Gasteiger partial charge in [0.2, 0.25) is 0 Å². The standard InChI is InChI=1S/C30H39N5O3/c1-17-12-23(28(31)37)24(34-30(2,3)4)15-22(17)29(38)33-21-13-19-6-5-11-35(25(19)14-21)26-10-9-20(16-32-26)27(36)18-7-8-18/h9-10,12,15-16,18-19,21,25,34H,5-8,11,13-14H2,1-4H3,(H2,31,37)(H,33,38). The summed E-state index contributed by atoms with van der Waals surface area (Å²) in [5, 5.41) is 6.59. The maximum absolute atomic E-state index is 13.4. The van der Waals surface area contributed by atoms with E-state index >= 15 is 0 Å². The van der Waals surface area contributed by atoms with Gasteiger partial charge in [0.25, 0.3) is 11.8 Å². The molecule has 1 aromatic heterocycles. The van der Waals surface area contributed by atoms with Crippen molar-refractivity contribution in [1.29, 1.82) is 0 Å². The molecule has 8 heteroatoms. The molecule has 2 saturated carbocycles. The van der Waals surface area contributed by atoms with Gasteiger partial charge in [-0.25, -0.2) is 4.98 Å². The first-order valence-corrected chi connectivity index (χ1v) is 13.8. The van der Waals surface area contributed by atoms with Crippen LogP contribution in [-0.4, -0.2) is 46.7 Å². The maximum Gasteiger partial charge on any atom is 0.251 e. The van der Waals surface area contributed by atoms with Crippen molar-refractivity contribution in [3.63, 3.8) is 0 Å². The van der Waals surface area contributed by atoms with E-state index in [1.54, 1.807) is 18.3 Å². The molecule has 5 rings (SSSR count). The molecule has 1 aliphatic heterocycles. The summed E-state index contributed by atoms with van der Waals surface area (Å²) in [6.07, 6.45) is 7.72. The molecule has 8 nitrogen and oxygen atoms in total. The predicted octanol–water partition coefficient (Wildman–Crippen LogP) is 4.47. The largest absolute Gasteiger partial charge is 0.380 e. The first-order valence-electron chi connectivity index (χ1n) is 13.8. The van der Waals surface area contributed by atoms with Crippen LogP contribution in [0.1, 0.15) is 95.9 Å². The van der Waals surface area contributed by atoms with Crippen LogP contribution in [0.2, 0.25) is 0 Å². The number of pyridine rings is 1. The minimum atomic E-state index is -0.523. The van der Waals surface area contributed by atoms with Crippen molar-refractivity contribution in [1.82, 2.24) is 10.3 Å². The number of benzene rings is 1. The normalized spacial score (nSPS) is 23.1. The number of carbonyl (C=O) groups excluding carboxylic acids is 3. The molecule has 2 aromatic rings. The van der Waals surface area contributed by atoms with E-state index < -0.39 is 5.91 Å². The van der Waals surface area contributed by atoms with Crippen LogP contribution < -0.4 is 21.3 Å². The van der Waals surface area contributed by atoms with Gasteiger partial charge < -0.3 is 21.3 Å². The topological polar surface area (TPSA) is 117 Å². The van der Waals surface area contributed by atoms with E-state index in [-0.39, 0.29) is 29.2 Å².